The Morgan fingerprint density at radius 3 is 1.13 bits per heavy atom. The molecule has 16 aromatic rings. The van der Waals surface area contributed by atoms with Crippen molar-refractivity contribution in [1.82, 2.24) is 108 Å². The Kier molecular flexibility index (Phi) is 31.5. The monoisotopic (exact) mass is 2040 g/mol. The summed E-state index contributed by atoms with van der Waals surface area (Å²) in [5, 5.41) is 33.4. The van der Waals surface area contributed by atoms with E-state index in [0.29, 0.717) is 66.3 Å². The van der Waals surface area contributed by atoms with Crippen molar-refractivity contribution in [3.8, 4) is 20.5 Å². The van der Waals surface area contributed by atoms with Crippen LogP contribution in [0.5, 0.6) is 0 Å². The molecule has 0 bridgehead atoms. The van der Waals surface area contributed by atoms with Crippen molar-refractivity contribution in [2.24, 2.45) is 0 Å². The van der Waals surface area contributed by atoms with Crippen LogP contribution < -0.4 is 86.7 Å². The molecule has 0 aliphatic heterocycles. The number of H-pyrrole nitrogens is 1. The van der Waals surface area contributed by atoms with Gasteiger partial charge in [0.25, 0.3) is 45.5 Å². The van der Waals surface area contributed by atoms with Gasteiger partial charge < -0.3 is 63.6 Å². The first-order valence-corrected chi connectivity index (χ1v) is 47.4. The van der Waals surface area contributed by atoms with Crippen LogP contribution in [0.15, 0.2) is 187 Å². The molecule has 137 heavy (non-hydrogen) atoms. The van der Waals surface area contributed by atoms with Gasteiger partial charge in [-0.1, -0.05) is 11.6 Å². The number of carbonyl (C=O) groups excluding carboxylic acids is 5. The molecule has 42 nitrogen and oxygen atoms in total. The number of hydrogen-bond donors (Lipinski definition) is 10. The summed E-state index contributed by atoms with van der Waals surface area (Å²) in [6, 6.07) is 22.0. The Morgan fingerprint density at radius 1 is 0.460 bits per heavy atom. The third-order valence-corrected chi connectivity index (χ3v) is 24.4. The largest absolute Gasteiger partial charge is 0.443 e. The second-order valence-corrected chi connectivity index (χ2v) is 40.6. The Balaban J connectivity index is 0.000000144. The van der Waals surface area contributed by atoms with Crippen LogP contribution in [-0.4, -0.2) is 172 Å². The molecular weight excluding hydrogens is 1940 g/mol. The molecule has 3 saturated carbocycles. The van der Waals surface area contributed by atoms with E-state index in [9.17, 15) is 47.9 Å². The van der Waals surface area contributed by atoms with Gasteiger partial charge in [0.2, 0.25) is 0 Å². The van der Waals surface area contributed by atoms with Crippen LogP contribution in [0.2, 0.25) is 5.15 Å². The number of carbonyl (C=O) groups is 5. The molecule has 3 fully saturated rings. The number of rotatable bonds is 17. The maximum atomic E-state index is 13.3. The average Bonchev–Trinajstić information content (AvgIpc) is 1.63. The van der Waals surface area contributed by atoms with Crippen LogP contribution >= 0.6 is 84.2 Å². The number of thiazole rings is 5. The number of nitrogens with zero attached hydrogens (tertiary/aromatic N) is 20. The predicted molar refractivity (Wildman–Crippen MR) is 535 cm³/mol. The molecule has 3 aliphatic rings. The summed E-state index contributed by atoms with van der Waals surface area (Å²) >= 11 is 16.7. The molecule has 0 atom stereocenters. The van der Waals surface area contributed by atoms with Gasteiger partial charge in [-0.25, -0.2) is 49.5 Å². The summed E-state index contributed by atoms with van der Waals surface area (Å²) in [6.45, 7) is 20.4. The zero-order valence-corrected chi connectivity index (χ0v) is 82.8. The first-order valence-electron chi connectivity index (χ1n) is 42.1. The Hall–Kier alpha value is -14.7. The molecule has 3 aliphatic carbocycles. The Bertz CT molecular complexity index is 7330. The van der Waals surface area contributed by atoms with Crippen LogP contribution in [0.4, 0.5) is 67.1 Å². The first kappa shape index (κ1) is 99.7. The third-order valence-electron chi connectivity index (χ3n) is 19.2. The van der Waals surface area contributed by atoms with Gasteiger partial charge in [0.1, 0.15) is 73.5 Å². The molecule has 16 heterocycles. The molecule has 19 rings (SSSR count). The van der Waals surface area contributed by atoms with E-state index in [2.05, 4.69) is 108 Å². The topological polar surface area (TPSA) is 536 Å². The van der Waals surface area contributed by atoms with Crippen LogP contribution in [0.1, 0.15) is 136 Å². The fourth-order valence-electron chi connectivity index (χ4n) is 12.1. The quantitative estimate of drug-likeness (QED) is 0.0379. The Morgan fingerprint density at radius 2 is 0.803 bits per heavy atom. The lowest BCUT2D eigenvalue weighted by Crippen LogP contribution is -2.35. The summed E-state index contributed by atoms with van der Waals surface area (Å²) in [7, 11) is 4.84. The number of fused-ring (bicyclic) bond motifs is 3. The number of anilines is 10. The molecule has 0 unspecified atom stereocenters. The maximum Gasteiger partial charge on any atom is 0.415 e. The molecule has 13 N–H and O–H groups in total. The fraction of sp³-hybridized carbons (Fsp3) is 0.284. The SMILES string of the molecule is CN(C(=O)OC(C)(C)C)c1cc(Cl)nc2c(C(=O)NC3CC3)cnn12.CNc1cc(Nc2cccn(-c3ncc(C)s3)c2=O)nc2c(C(=O)NC3CC3)cnn12.Cc1cnc(-n2cccc(N)c2=O)s1.Cc1cnc(-n2cccc(N)c2=O)s1.Cc1cnc(-n2cccc(Nc3cc(N(C)C(=O)OC(C)(C)C)n4ncc(C(=O)NC5CC5)c4n3)c2=O)s1.Cc1cnc(Br)s1.Nc1ccc[nH]c1=O. The average molecular weight is 2040 g/mol. The summed E-state index contributed by atoms with van der Waals surface area (Å²) in [6.07, 6.45) is 25.9. The predicted octanol–water partition coefficient (Wildman–Crippen LogP) is 13.2. The van der Waals surface area contributed by atoms with Crippen LogP contribution in [-0.2, 0) is 9.47 Å². The molecule has 0 spiro atoms. The molecule has 0 radical (unpaired) electrons. The highest BCUT2D eigenvalue weighted by Gasteiger charge is 2.32. The van der Waals surface area contributed by atoms with Gasteiger partial charge in [-0.05, 0) is 191 Å². The minimum Gasteiger partial charge on any atom is -0.443 e. The van der Waals surface area contributed by atoms with Crippen LogP contribution in [0, 0.1) is 34.6 Å². The third kappa shape index (κ3) is 26.1. The summed E-state index contributed by atoms with van der Waals surface area (Å²) in [4.78, 5) is 167. The highest BCUT2D eigenvalue weighted by Crippen LogP contribution is 2.31. The number of halogens is 2. The van der Waals surface area contributed by atoms with Gasteiger partial charge in [-0.15, -0.1) is 56.7 Å². The molecule has 5 amide bonds. The number of nitrogens with two attached hydrogens (primary N) is 3. The number of aromatic amines is 1. The van der Waals surface area contributed by atoms with Gasteiger partial charge in [0.05, 0.1) is 35.7 Å². The van der Waals surface area contributed by atoms with E-state index in [4.69, 9.17) is 38.3 Å². The lowest BCUT2D eigenvalue weighted by molar-refractivity contribution is 0.0577. The molecule has 0 saturated heterocycles. The van der Waals surface area contributed by atoms with E-state index >= 15 is 0 Å². The van der Waals surface area contributed by atoms with Crippen molar-refractivity contribution in [2.45, 2.75) is 144 Å². The smallest absolute Gasteiger partial charge is 0.415 e. The second kappa shape index (κ2) is 43.3. The van der Waals surface area contributed by atoms with Gasteiger partial charge >= 0.3 is 12.2 Å². The van der Waals surface area contributed by atoms with E-state index in [1.807, 2.05) is 40.8 Å². The van der Waals surface area contributed by atoms with Crippen LogP contribution in [0.25, 0.3) is 37.5 Å². The van der Waals surface area contributed by atoms with Crippen molar-refractivity contribution in [1.29, 1.82) is 0 Å². The zero-order chi connectivity index (χ0) is 98.6. The second-order valence-electron chi connectivity index (χ2n) is 32.8. The van der Waals surface area contributed by atoms with Crippen molar-refractivity contribution < 1.29 is 33.4 Å². The first-order chi connectivity index (χ1) is 65.1. The number of amides is 5. The number of nitrogen functional groups attached to an aromatic ring is 3. The summed E-state index contributed by atoms with van der Waals surface area (Å²) < 4.78 is 22.1. The minimum absolute atomic E-state index is 0.139. The van der Waals surface area contributed by atoms with Crippen molar-refractivity contribution in [3.05, 3.63) is 261 Å². The molecule has 714 valence electrons. The standard InChI is InChI=1S/C25H28N8O4S.C20H20N8O2S.C16H20ClN5O3.2C9H9N3OS.C5H6N2O.C4H4BrNS/c1-14-12-26-23(38-14)32-10-6-7-17(22(32)35)29-18-11-19(31(5)24(36)37-25(2,3)4)33-20(30-18)16(13-27-33)21(34)28-15-8-9-15;1-11-9-22-20(31-11)27-7-3-4-14(19(27)30)25-15-8-16(21-2)28-17(26-15)13(10-23-28)18(29)24-12-5-6-12;1-16(2,3)25-15(24)21(4)12-7-11(17)20-13-10(8-18-22(12)13)14(23)19-9-5-6-9;2*1-6-5-11-9(14-6)12-4-2-3-7(10)8(12)13;6-4-2-1-3-7-5(4)8;1-3-2-6-4(5)7-3/h6-7,10-13,15H,8-9H2,1-5H3,(H,28,34)(H,29,30);3-4,7-10,12,21H,5-6H2,1-2H3,(H,24,29)(H,25,26);7-9H,5-6H2,1-4H3,(H,19,23);2*2-5H,10H2,1H3;1-3H,6H2,(H,7,8);2H,1H3. The van der Waals surface area contributed by atoms with Gasteiger partial charge in [0.15, 0.2) is 41.4 Å². The van der Waals surface area contributed by atoms with Gasteiger partial charge in [-0.2, -0.15) is 28.8 Å². The lowest BCUT2D eigenvalue weighted by atomic mass is 10.2. The van der Waals surface area contributed by atoms with Gasteiger partial charge in [-0.3, -0.25) is 66.4 Å². The molecule has 0 aromatic carbocycles. The zero-order valence-electron chi connectivity index (χ0n) is 76.4. The van der Waals surface area contributed by atoms with E-state index in [1.165, 1.54) is 112 Å². The van der Waals surface area contributed by atoms with Crippen molar-refractivity contribution >= 4 is 189 Å². The van der Waals surface area contributed by atoms with E-state index in [0.717, 1.165) is 62.0 Å². The molecule has 16 aromatic heterocycles. The summed E-state index contributed by atoms with van der Waals surface area (Å²) in [5.41, 5.74) is 16.8. The number of hydrogen-bond acceptors (Lipinski definition) is 34. The number of aryl methyl sites for hydroxylation is 5. The molecule has 49 heteroatoms. The highest BCUT2D eigenvalue weighted by molar-refractivity contribution is 9.11. The maximum absolute atomic E-state index is 13.3. The molecular formula is C88H96BrClN30O12S5. The highest BCUT2D eigenvalue weighted by atomic mass is 79.9. The van der Waals surface area contributed by atoms with E-state index < -0.39 is 23.4 Å². The Labute approximate surface area is 814 Å². The lowest BCUT2D eigenvalue weighted by Gasteiger charge is -2.25. The van der Waals surface area contributed by atoms with Crippen molar-refractivity contribution in [2.75, 3.05) is 64.1 Å². The number of pyridine rings is 5. The summed E-state index contributed by atoms with van der Waals surface area (Å²) in [5.74, 6) is 1.18. The number of ether oxygens (including phenoxy) is 2. The van der Waals surface area contributed by atoms with E-state index in [-0.39, 0.29) is 114 Å². The van der Waals surface area contributed by atoms with E-state index in [1.54, 1.807) is 207 Å². The van der Waals surface area contributed by atoms with Gasteiger partial charge in [0, 0.05) is 144 Å². The normalized spacial score (nSPS) is 12.5. The minimum atomic E-state index is -0.721. The number of aromatic nitrogens is 19. The van der Waals surface area contributed by atoms with Crippen LogP contribution in [0.3, 0.4) is 0 Å². The van der Waals surface area contributed by atoms with Crippen molar-refractivity contribution in [3.63, 3.8) is 0 Å². The number of nitrogens with one attached hydrogen (secondary N) is 7. The fourth-order valence-corrected chi connectivity index (χ4v) is 16.6.